The van der Waals surface area contributed by atoms with Crippen molar-refractivity contribution in [1.29, 1.82) is 0 Å². The van der Waals surface area contributed by atoms with Crippen LogP contribution in [0, 0.1) is 0 Å². The Kier molecular flexibility index (Phi) is 7.68. The minimum absolute atomic E-state index is 0.141. The van der Waals surface area contributed by atoms with E-state index in [1.54, 1.807) is 18.4 Å². The molecule has 160 valence electrons. The smallest absolute Gasteiger partial charge is 0.356 e. The van der Waals surface area contributed by atoms with Crippen molar-refractivity contribution in [2.24, 2.45) is 4.99 Å². The molecule has 0 spiro atoms. The molecule has 28 heavy (non-hydrogen) atoms. The third-order valence-corrected chi connectivity index (χ3v) is 7.21. The van der Waals surface area contributed by atoms with Crippen LogP contribution in [0.2, 0.25) is 0 Å². The number of aliphatic imine (C=N–C) groups is 1. The lowest BCUT2D eigenvalue weighted by Gasteiger charge is -2.32. The maximum absolute atomic E-state index is 12.6. The van der Waals surface area contributed by atoms with Crippen molar-refractivity contribution in [1.82, 2.24) is 19.9 Å². The topological polar surface area (TPSA) is 86.7 Å². The van der Waals surface area contributed by atoms with E-state index in [-0.39, 0.29) is 32.0 Å². The molecule has 1 aromatic rings. The molecule has 1 aliphatic heterocycles. The molecule has 2 heterocycles. The fraction of sp³-hybridized carbons (Fsp3) is 0.750. The van der Waals surface area contributed by atoms with Crippen LogP contribution in [0.1, 0.15) is 43.3 Å². The quantitative estimate of drug-likeness (QED) is 0.523. The summed E-state index contributed by atoms with van der Waals surface area (Å²) in [6.45, 7) is 4.46. The normalized spacial score (nSPS) is 17.9. The van der Waals surface area contributed by atoms with Gasteiger partial charge in [-0.1, -0.05) is 13.8 Å². The van der Waals surface area contributed by atoms with Crippen LogP contribution in [0.15, 0.2) is 10.4 Å². The van der Waals surface area contributed by atoms with Crippen molar-refractivity contribution in [3.05, 3.63) is 16.1 Å². The van der Waals surface area contributed by atoms with Crippen LogP contribution in [-0.2, 0) is 16.4 Å². The zero-order chi connectivity index (χ0) is 20.9. The zero-order valence-electron chi connectivity index (χ0n) is 16.1. The zero-order valence-corrected chi connectivity index (χ0v) is 17.7. The molecule has 7 nitrogen and oxygen atoms in total. The van der Waals surface area contributed by atoms with Gasteiger partial charge in [-0.3, -0.25) is 4.99 Å². The Bertz CT molecular complexity index is 769. The third kappa shape index (κ3) is 5.80. The number of hydrogen-bond acceptors (Lipinski definition) is 5. The molecule has 0 bridgehead atoms. The van der Waals surface area contributed by atoms with Crippen molar-refractivity contribution in [3.63, 3.8) is 0 Å². The van der Waals surface area contributed by atoms with Gasteiger partial charge in [0.05, 0.1) is 10.7 Å². The molecule has 0 aromatic carbocycles. The number of aromatic nitrogens is 1. The van der Waals surface area contributed by atoms with E-state index in [1.807, 2.05) is 5.38 Å². The maximum Gasteiger partial charge on any atom is 0.511 e. The SMILES string of the molecule is CN=C(NCCc1csc(C(C)C)n1)NC1CCN(S(=O)(=O)C(F)(F)F)CC1. The van der Waals surface area contributed by atoms with E-state index in [0.717, 1.165) is 17.1 Å². The van der Waals surface area contributed by atoms with Gasteiger partial charge in [-0.25, -0.2) is 13.4 Å². The number of halogens is 3. The summed E-state index contributed by atoms with van der Waals surface area (Å²) in [7, 11) is -3.64. The number of hydrogen-bond donors (Lipinski definition) is 2. The van der Waals surface area contributed by atoms with Crippen molar-refractivity contribution >= 4 is 27.3 Å². The first kappa shape index (κ1) is 22.9. The maximum atomic E-state index is 12.6. The summed E-state index contributed by atoms with van der Waals surface area (Å²) in [5.41, 5.74) is -4.25. The Labute approximate surface area is 167 Å². The molecule has 1 saturated heterocycles. The number of nitrogens with zero attached hydrogens (tertiary/aromatic N) is 3. The van der Waals surface area contributed by atoms with Crippen LogP contribution >= 0.6 is 11.3 Å². The molecule has 0 unspecified atom stereocenters. The summed E-state index contributed by atoms with van der Waals surface area (Å²) < 4.78 is 61.3. The van der Waals surface area contributed by atoms with E-state index in [2.05, 4.69) is 34.5 Å². The highest BCUT2D eigenvalue weighted by molar-refractivity contribution is 7.90. The predicted molar refractivity (Wildman–Crippen MR) is 104 cm³/mol. The summed E-state index contributed by atoms with van der Waals surface area (Å²) in [5.74, 6) is 0.935. The van der Waals surface area contributed by atoms with Crippen LogP contribution in [0.4, 0.5) is 13.2 Å². The van der Waals surface area contributed by atoms with Crippen molar-refractivity contribution in [2.75, 3.05) is 26.7 Å². The van der Waals surface area contributed by atoms with Gasteiger partial charge in [-0.15, -0.1) is 11.3 Å². The Morgan fingerprint density at radius 1 is 1.39 bits per heavy atom. The van der Waals surface area contributed by atoms with Crippen molar-refractivity contribution in [2.45, 2.75) is 50.6 Å². The van der Waals surface area contributed by atoms with Crippen LogP contribution in [0.25, 0.3) is 0 Å². The number of sulfonamides is 1. The Hall–Kier alpha value is -1.40. The third-order valence-electron chi connectivity index (χ3n) is 4.39. The first-order valence-corrected chi connectivity index (χ1v) is 11.3. The van der Waals surface area contributed by atoms with E-state index >= 15 is 0 Å². The van der Waals surface area contributed by atoms with E-state index in [9.17, 15) is 21.6 Å². The summed E-state index contributed by atoms with van der Waals surface area (Å²) in [6.07, 6.45) is 1.28. The molecule has 0 atom stereocenters. The molecule has 0 amide bonds. The Balaban J connectivity index is 1.78. The molecule has 0 aliphatic carbocycles. The van der Waals surface area contributed by atoms with Crippen LogP contribution in [0.5, 0.6) is 0 Å². The monoisotopic (exact) mass is 441 g/mol. The Morgan fingerprint density at radius 2 is 2.04 bits per heavy atom. The lowest BCUT2D eigenvalue weighted by Crippen LogP contribution is -2.51. The summed E-state index contributed by atoms with van der Waals surface area (Å²) in [6, 6.07) is -0.141. The average Bonchev–Trinajstić information content (AvgIpc) is 3.09. The highest BCUT2D eigenvalue weighted by Crippen LogP contribution is 2.28. The fourth-order valence-corrected chi connectivity index (χ4v) is 4.64. The second kappa shape index (κ2) is 9.40. The molecular formula is C16H26F3N5O2S2. The van der Waals surface area contributed by atoms with Gasteiger partial charge in [0.2, 0.25) is 0 Å². The van der Waals surface area contributed by atoms with E-state index in [1.165, 1.54) is 0 Å². The summed E-state index contributed by atoms with van der Waals surface area (Å²) >= 11 is 1.64. The first-order chi connectivity index (χ1) is 13.0. The molecule has 1 fully saturated rings. The second-order valence-corrected chi connectivity index (χ2v) is 9.67. The molecule has 1 aromatic heterocycles. The predicted octanol–water partition coefficient (Wildman–Crippen LogP) is 2.29. The van der Waals surface area contributed by atoms with Gasteiger partial charge in [0.25, 0.3) is 0 Å². The van der Waals surface area contributed by atoms with Gasteiger partial charge < -0.3 is 10.6 Å². The summed E-state index contributed by atoms with van der Waals surface area (Å²) in [4.78, 5) is 8.68. The van der Waals surface area contributed by atoms with E-state index in [0.29, 0.717) is 22.7 Å². The number of piperidine rings is 1. The molecular weight excluding hydrogens is 415 g/mol. The van der Waals surface area contributed by atoms with Crippen LogP contribution < -0.4 is 10.6 Å². The number of alkyl halides is 3. The lowest BCUT2D eigenvalue weighted by molar-refractivity contribution is -0.0494. The molecule has 2 rings (SSSR count). The van der Waals surface area contributed by atoms with Gasteiger partial charge in [-0.05, 0) is 12.8 Å². The van der Waals surface area contributed by atoms with Crippen LogP contribution in [0.3, 0.4) is 0 Å². The van der Waals surface area contributed by atoms with Crippen molar-refractivity contribution in [3.8, 4) is 0 Å². The van der Waals surface area contributed by atoms with Crippen LogP contribution in [-0.4, -0.2) is 61.9 Å². The molecule has 12 heteroatoms. The number of thiazole rings is 1. The largest absolute Gasteiger partial charge is 0.511 e. The fourth-order valence-electron chi connectivity index (χ4n) is 2.79. The number of rotatable bonds is 6. The highest BCUT2D eigenvalue weighted by atomic mass is 32.2. The number of nitrogens with one attached hydrogen (secondary N) is 2. The number of guanidine groups is 1. The van der Waals surface area contributed by atoms with Gasteiger partial charge in [0.15, 0.2) is 5.96 Å². The first-order valence-electron chi connectivity index (χ1n) is 9.02. The van der Waals surface area contributed by atoms with Gasteiger partial charge in [0, 0.05) is 50.4 Å². The highest BCUT2D eigenvalue weighted by Gasteiger charge is 2.50. The van der Waals surface area contributed by atoms with E-state index in [4.69, 9.17) is 0 Å². The van der Waals surface area contributed by atoms with Gasteiger partial charge >= 0.3 is 15.5 Å². The standard InChI is InChI=1S/C16H26F3N5O2S2/c1-11(2)14-22-13(10-27-14)4-7-21-15(20-3)23-12-5-8-24(9-6-12)28(25,26)16(17,18)19/h10-12H,4-9H2,1-3H3,(H2,20,21,23). The molecule has 0 saturated carbocycles. The second-order valence-electron chi connectivity index (χ2n) is 6.85. The van der Waals surface area contributed by atoms with Crippen molar-refractivity contribution < 1.29 is 21.6 Å². The Morgan fingerprint density at radius 3 is 2.54 bits per heavy atom. The molecule has 1 aliphatic rings. The lowest BCUT2D eigenvalue weighted by atomic mass is 10.1. The minimum Gasteiger partial charge on any atom is -0.356 e. The molecule has 0 radical (unpaired) electrons. The van der Waals surface area contributed by atoms with E-state index < -0.39 is 15.5 Å². The minimum atomic E-state index is -5.25. The van der Waals surface area contributed by atoms with Gasteiger partial charge in [0.1, 0.15) is 0 Å². The average molecular weight is 442 g/mol. The molecule has 2 N–H and O–H groups in total. The van der Waals surface area contributed by atoms with Gasteiger partial charge in [-0.2, -0.15) is 17.5 Å². The summed E-state index contributed by atoms with van der Waals surface area (Å²) in [5, 5.41) is 9.43.